The van der Waals surface area contributed by atoms with E-state index in [4.69, 9.17) is 14.6 Å². The second-order valence-corrected chi connectivity index (χ2v) is 6.12. The summed E-state index contributed by atoms with van der Waals surface area (Å²) in [5.41, 5.74) is 0. The maximum Gasteiger partial charge on any atom is 0.329 e. The first-order valence-electron chi connectivity index (χ1n) is 8.19. The molecule has 2 fully saturated rings. The Bertz CT molecular complexity index is 456. The second kappa shape index (κ2) is 9.01. The summed E-state index contributed by atoms with van der Waals surface area (Å²) in [6.45, 7) is 3.68. The molecule has 2 aliphatic rings. The SMILES string of the molecule is C=CCC(O)C=C[C@@H]1[C@H](CC=CCOCC(=O)O)[C@@H]2CC[C@H]1O2. The lowest BCUT2D eigenvalue weighted by Crippen LogP contribution is -2.25. The van der Waals surface area contributed by atoms with E-state index in [-0.39, 0.29) is 18.8 Å². The van der Waals surface area contributed by atoms with E-state index in [9.17, 15) is 9.90 Å². The van der Waals surface area contributed by atoms with Gasteiger partial charge < -0.3 is 19.7 Å². The lowest BCUT2D eigenvalue weighted by molar-refractivity contribution is -0.141. The second-order valence-electron chi connectivity index (χ2n) is 6.12. The zero-order valence-corrected chi connectivity index (χ0v) is 13.3. The quantitative estimate of drug-likeness (QED) is 0.477. The predicted octanol–water partition coefficient (Wildman–Crippen LogP) is 2.32. The van der Waals surface area contributed by atoms with Crippen LogP contribution in [0.4, 0.5) is 0 Å². The van der Waals surface area contributed by atoms with Crippen molar-refractivity contribution in [2.75, 3.05) is 13.2 Å². The minimum Gasteiger partial charge on any atom is -0.480 e. The summed E-state index contributed by atoms with van der Waals surface area (Å²) in [5, 5.41) is 18.3. The highest BCUT2D eigenvalue weighted by Gasteiger charge is 2.46. The first-order chi connectivity index (χ1) is 11.1. The average molecular weight is 322 g/mol. The fraction of sp³-hybridized carbons (Fsp3) is 0.611. The van der Waals surface area contributed by atoms with Crippen LogP contribution in [0.2, 0.25) is 0 Å². The molecule has 5 heteroatoms. The van der Waals surface area contributed by atoms with Gasteiger partial charge in [0.2, 0.25) is 0 Å². The van der Waals surface area contributed by atoms with E-state index in [2.05, 4.69) is 12.7 Å². The van der Waals surface area contributed by atoms with Crippen LogP contribution < -0.4 is 0 Å². The molecule has 5 nitrogen and oxygen atoms in total. The molecule has 1 unspecified atom stereocenters. The lowest BCUT2D eigenvalue weighted by Gasteiger charge is -2.24. The van der Waals surface area contributed by atoms with Crippen molar-refractivity contribution >= 4 is 5.97 Å². The Morgan fingerprint density at radius 1 is 1.35 bits per heavy atom. The highest BCUT2D eigenvalue weighted by molar-refractivity contribution is 5.67. The van der Waals surface area contributed by atoms with Crippen LogP contribution in [0.15, 0.2) is 37.0 Å². The van der Waals surface area contributed by atoms with E-state index >= 15 is 0 Å². The zero-order valence-electron chi connectivity index (χ0n) is 13.3. The van der Waals surface area contributed by atoms with E-state index in [1.165, 1.54) is 0 Å². The van der Waals surface area contributed by atoms with Gasteiger partial charge in [-0.3, -0.25) is 0 Å². The predicted molar refractivity (Wildman–Crippen MR) is 87.0 cm³/mol. The first kappa shape index (κ1) is 17.9. The number of fused-ring (bicyclic) bond motifs is 2. The van der Waals surface area contributed by atoms with Gasteiger partial charge in [0.05, 0.1) is 24.9 Å². The first-order valence-corrected chi connectivity index (χ1v) is 8.19. The Kier molecular flexibility index (Phi) is 7.02. The number of allylic oxidation sites excluding steroid dienone is 1. The summed E-state index contributed by atoms with van der Waals surface area (Å²) in [4.78, 5) is 10.3. The molecular weight excluding hydrogens is 296 g/mol. The normalized spacial score (nSPS) is 31.2. The van der Waals surface area contributed by atoms with Crippen LogP contribution in [0.5, 0.6) is 0 Å². The number of hydrogen-bond acceptors (Lipinski definition) is 4. The van der Waals surface area contributed by atoms with Gasteiger partial charge in [-0.2, -0.15) is 0 Å². The standard InChI is InChI=1S/C18H26O5/c1-2-5-13(19)7-8-15-14(16-9-10-17(15)23-16)6-3-4-11-22-12-18(20)21/h2-4,7-8,13-17,19H,1,5-6,9-12H2,(H,20,21)/t13?,14-,15+,16-,17+/m0/s1. The minimum absolute atomic E-state index is 0.258. The molecule has 0 aromatic rings. The molecule has 0 aromatic carbocycles. The molecule has 23 heavy (non-hydrogen) atoms. The fourth-order valence-corrected chi connectivity index (χ4v) is 3.43. The van der Waals surface area contributed by atoms with Gasteiger partial charge in [0.25, 0.3) is 0 Å². The van der Waals surface area contributed by atoms with Crippen LogP contribution >= 0.6 is 0 Å². The molecule has 128 valence electrons. The van der Waals surface area contributed by atoms with Crippen molar-refractivity contribution in [2.45, 2.75) is 44.0 Å². The highest BCUT2D eigenvalue weighted by Crippen LogP contribution is 2.45. The molecule has 0 amide bonds. The Hall–Kier alpha value is -1.43. The zero-order chi connectivity index (χ0) is 16.7. The van der Waals surface area contributed by atoms with Crippen molar-refractivity contribution in [3.05, 3.63) is 37.0 Å². The van der Waals surface area contributed by atoms with E-state index in [0.29, 0.717) is 24.9 Å². The number of carbonyl (C=O) groups is 1. The van der Waals surface area contributed by atoms with Gasteiger partial charge in [-0.15, -0.1) is 6.58 Å². The maximum atomic E-state index is 10.3. The van der Waals surface area contributed by atoms with Crippen LogP contribution in [0.3, 0.4) is 0 Å². The van der Waals surface area contributed by atoms with Gasteiger partial charge >= 0.3 is 5.97 Å². The Morgan fingerprint density at radius 2 is 2.13 bits per heavy atom. The van der Waals surface area contributed by atoms with Gasteiger partial charge in [-0.05, 0) is 31.6 Å². The third-order valence-electron chi connectivity index (χ3n) is 4.46. The molecule has 0 spiro atoms. The van der Waals surface area contributed by atoms with Crippen molar-refractivity contribution < 1.29 is 24.5 Å². The summed E-state index contributed by atoms with van der Waals surface area (Å²) in [6, 6.07) is 0. The molecule has 5 atom stereocenters. The molecule has 2 N–H and O–H groups in total. The summed E-state index contributed by atoms with van der Waals surface area (Å²) in [7, 11) is 0. The highest BCUT2D eigenvalue weighted by atomic mass is 16.5. The third-order valence-corrected chi connectivity index (χ3v) is 4.46. The molecule has 0 radical (unpaired) electrons. The molecule has 0 saturated carbocycles. The molecule has 2 heterocycles. The van der Waals surface area contributed by atoms with Crippen LogP contribution in [-0.4, -0.2) is 47.7 Å². The largest absolute Gasteiger partial charge is 0.480 e. The van der Waals surface area contributed by atoms with Gasteiger partial charge in [0.1, 0.15) is 6.61 Å². The van der Waals surface area contributed by atoms with E-state index in [0.717, 1.165) is 19.3 Å². The Labute approximate surface area is 137 Å². The topological polar surface area (TPSA) is 76.0 Å². The summed E-state index contributed by atoms with van der Waals surface area (Å²) in [6.07, 6.45) is 13.2. The van der Waals surface area contributed by atoms with E-state index in [1.807, 2.05) is 18.2 Å². The molecule has 2 rings (SSSR count). The maximum absolute atomic E-state index is 10.3. The number of rotatable bonds is 10. The van der Waals surface area contributed by atoms with Gasteiger partial charge in [-0.25, -0.2) is 4.79 Å². The van der Waals surface area contributed by atoms with Crippen LogP contribution in [0.25, 0.3) is 0 Å². The molecule has 2 aliphatic heterocycles. The lowest BCUT2D eigenvalue weighted by atomic mass is 9.77. The average Bonchev–Trinajstić information content (AvgIpc) is 3.10. The number of ether oxygens (including phenoxy) is 2. The van der Waals surface area contributed by atoms with Gasteiger partial charge in [-0.1, -0.05) is 30.4 Å². The van der Waals surface area contributed by atoms with E-state index < -0.39 is 12.1 Å². The van der Waals surface area contributed by atoms with Crippen molar-refractivity contribution in [3.8, 4) is 0 Å². The van der Waals surface area contributed by atoms with Gasteiger partial charge in [0, 0.05) is 5.92 Å². The molecule has 2 bridgehead atoms. The number of carboxylic acid groups (broad SMARTS) is 1. The van der Waals surface area contributed by atoms with Crippen LogP contribution in [-0.2, 0) is 14.3 Å². The molecule has 0 aliphatic carbocycles. The number of aliphatic hydroxyl groups excluding tert-OH is 1. The monoisotopic (exact) mass is 322 g/mol. The van der Waals surface area contributed by atoms with E-state index in [1.54, 1.807) is 6.08 Å². The molecule has 0 aromatic heterocycles. The summed E-state index contributed by atoms with van der Waals surface area (Å²) >= 11 is 0. The Balaban J connectivity index is 1.82. The number of aliphatic hydroxyl groups is 1. The third kappa shape index (κ3) is 5.30. The van der Waals surface area contributed by atoms with Crippen LogP contribution in [0, 0.1) is 11.8 Å². The van der Waals surface area contributed by atoms with Crippen molar-refractivity contribution in [2.24, 2.45) is 11.8 Å². The molecule has 2 saturated heterocycles. The summed E-state index contributed by atoms with van der Waals surface area (Å²) < 4.78 is 11.0. The number of aliphatic carboxylic acids is 1. The van der Waals surface area contributed by atoms with Crippen LogP contribution in [0.1, 0.15) is 25.7 Å². The van der Waals surface area contributed by atoms with Crippen molar-refractivity contribution in [3.63, 3.8) is 0 Å². The Morgan fingerprint density at radius 3 is 2.87 bits per heavy atom. The number of hydrogen-bond donors (Lipinski definition) is 2. The molecular formula is C18H26O5. The smallest absolute Gasteiger partial charge is 0.329 e. The van der Waals surface area contributed by atoms with Gasteiger partial charge in [0.15, 0.2) is 0 Å². The fourth-order valence-electron chi connectivity index (χ4n) is 3.43. The van der Waals surface area contributed by atoms with Crippen molar-refractivity contribution in [1.82, 2.24) is 0 Å². The number of carboxylic acids is 1. The minimum atomic E-state index is -0.955. The van der Waals surface area contributed by atoms with Crippen molar-refractivity contribution in [1.29, 1.82) is 0 Å². The summed E-state index contributed by atoms with van der Waals surface area (Å²) in [5.74, 6) is -0.211.